The van der Waals surface area contributed by atoms with Gasteiger partial charge < -0.3 is 14.5 Å². The summed E-state index contributed by atoms with van der Waals surface area (Å²) < 4.78 is 6.26. The van der Waals surface area contributed by atoms with Gasteiger partial charge in [-0.2, -0.15) is 0 Å². The van der Waals surface area contributed by atoms with Crippen LogP contribution in [0.4, 0.5) is 5.69 Å². The van der Waals surface area contributed by atoms with Gasteiger partial charge in [0.05, 0.1) is 36.7 Å². The topological polar surface area (TPSA) is 62.7 Å². The Morgan fingerprint density at radius 2 is 2.10 bits per heavy atom. The number of ether oxygens (including phenoxy) is 1. The number of hydrogen-bond acceptors (Lipinski definition) is 4. The van der Waals surface area contributed by atoms with Gasteiger partial charge in [0.2, 0.25) is 11.8 Å². The molecule has 6 nitrogen and oxygen atoms in total. The Kier molecular flexibility index (Phi) is 4.29. The van der Waals surface area contributed by atoms with E-state index in [4.69, 9.17) is 4.74 Å². The van der Waals surface area contributed by atoms with Crippen molar-refractivity contribution in [1.82, 2.24) is 9.88 Å². The molecule has 2 amide bonds. The van der Waals surface area contributed by atoms with Crippen molar-refractivity contribution in [2.75, 3.05) is 18.5 Å². The van der Waals surface area contributed by atoms with Crippen LogP contribution in [0, 0.1) is 25.7 Å². The van der Waals surface area contributed by atoms with E-state index in [1.165, 1.54) is 5.56 Å². The van der Waals surface area contributed by atoms with E-state index in [1.54, 1.807) is 23.0 Å². The number of rotatable bonds is 4. The maximum Gasteiger partial charge on any atom is 0.234 e. The fourth-order valence-electron chi connectivity index (χ4n) is 4.96. The second-order valence-corrected chi connectivity index (χ2v) is 8.61. The Bertz CT molecular complexity index is 1050. The van der Waals surface area contributed by atoms with Crippen LogP contribution in [-0.4, -0.2) is 47.0 Å². The molecule has 4 atom stereocenters. The molecule has 2 aromatic rings. The molecule has 0 aliphatic carbocycles. The third-order valence-electron chi connectivity index (χ3n) is 6.69. The van der Waals surface area contributed by atoms with Gasteiger partial charge in [0.1, 0.15) is 5.60 Å². The zero-order valence-corrected chi connectivity index (χ0v) is 17.4. The van der Waals surface area contributed by atoms with Crippen LogP contribution >= 0.6 is 0 Å². The molecule has 0 N–H and O–H groups in total. The monoisotopic (exact) mass is 403 g/mol. The van der Waals surface area contributed by atoms with Gasteiger partial charge in [0.15, 0.2) is 0 Å². The number of benzene rings is 1. The first-order valence-electron chi connectivity index (χ1n) is 10.3. The average molecular weight is 403 g/mol. The van der Waals surface area contributed by atoms with Crippen molar-refractivity contribution >= 4 is 17.5 Å². The SMILES string of the molecule is Cc1ccc(N2C[C@]34C=C[C@H](O3)[C@H](C(=O)N(C)Cc3ccccn3)[C@H]4C2=O)cc1C. The minimum absolute atomic E-state index is 0.0327. The molecule has 3 aliphatic rings. The minimum Gasteiger partial charge on any atom is -0.360 e. The van der Waals surface area contributed by atoms with Gasteiger partial charge in [0, 0.05) is 18.9 Å². The largest absolute Gasteiger partial charge is 0.360 e. The van der Waals surface area contributed by atoms with Crippen LogP contribution in [0.5, 0.6) is 0 Å². The lowest BCUT2D eigenvalue weighted by atomic mass is 9.76. The van der Waals surface area contributed by atoms with Crippen molar-refractivity contribution in [1.29, 1.82) is 0 Å². The van der Waals surface area contributed by atoms with Crippen molar-refractivity contribution in [3.63, 3.8) is 0 Å². The van der Waals surface area contributed by atoms with Crippen molar-refractivity contribution in [2.24, 2.45) is 11.8 Å². The number of carbonyl (C=O) groups is 2. The molecule has 0 unspecified atom stereocenters. The van der Waals surface area contributed by atoms with E-state index in [2.05, 4.69) is 11.9 Å². The molecule has 2 saturated heterocycles. The molecule has 0 saturated carbocycles. The number of nitrogens with zero attached hydrogens (tertiary/aromatic N) is 3. The Labute approximate surface area is 176 Å². The van der Waals surface area contributed by atoms with E-state index in [0.717, 1.165) is 16.9 Å². The second-order valence-electron chi connectivity index (χ2n) is 8.61. The molecule has 1 spiro atoms. The summed E-state index contributed by atoms with van der Waals surface area (Å²) in [6.45, 7) is 4.94. The predicted molar refractivity (Wildman–Crippen MR) is 113 cm³/mol. The lowest BCUT2D eigenvalue weighted by Crippen LogP contribution is -2.44. The van der Waals surface area contributed by atoms with Crippen LogP contribution in [0.1, 0.15) is 16.8 Å². The van der Waals surface area contributed by atoms with Gasteiger partial charge in [-0.05, 0) is 49.2 Å². The maximum absolute atomic E-state index is 13.5. The number of hydrogen-bond donors (Lipinski definition) is 0. The molecule has 6 heteroatoms. The smallest absolute Gasteiger partial charge is 0.234 e. The Morgan fingerprint density at radius 1 is 1.27 bits per heavy atom. The summed E-state index contributed by atoms with van der Waals surface area (Å²) >= 11 is 0. The molecule has 3 aliphatic heterocycles. The van der Waals surface area contributed by atoms with Gasteiger partial charge in [-0.15, -0.1) is 0 Å². The summed E-state index contributed by atoms with van der Waals surface area (Å²) in [7, 11) is 1.76. The molecule has 2 fully saturated rings. The number of anilines is 1. The summed E-state index contributed by atoms with van der Waals surface area (Å²) in [6, 6.07) is 11.7. The third-order valence-corrected chi connectivity index (χ3v) is 6.69. The first kappa shape index (κ1) is 19.0. The molecule has 30 heavy (non-hydrogen) atoms. The Morgan fingerprint density at radius 3 is 2.83 bits per heavy atom. The average Bonchev–Trinajstić information content (AvgIpc) is 3.38. The number of aromatic nitrogens is 1. The normalized spacial score (nSPS) is 28.8. The van der Waals surface area contributed by atoms with Crippen LogP contribution in [0.25, 0.3) is 0 Å². The van der Waals surface area contributed by atoms with Gasteiger partial charge in [-0.25, -0.2) is 0 Å². The van der Waals surface area contributed by atoms with Crippen molar-refractivity contribution < 1.29 is 14.3 Å². The van der Waals surface area contributed by atoms with E-state index in [-0.39, 0.29) is 17.9 Å². The predicted octanol–water partition coefficient (Wildman–Crippen LogP) is 2.64. The molecule has 0 radical (unpaired) electrons. The summed E-state index contributed by atoms with van der Waals surface area (Å²) in [5, 5.41) is 0. The van der Waals surface area contributed by atoms with Crippen LogP contribution in [0.3, 0.4) is 0 Å². The van der Waals surface area contributed by atoms with E-state index in [1.807, 2.05) is 55.5 Å². The van der Waals surface area contributed by atoms with Crippen molar-refractivity contribution in [2.45, 2.75) is 32.1 Å². The zero-order chi connectivity index (χ0) is 21.0. The molecule has 2 bridgehead atoms. The standard InChI is InChI=1S/C24H25N3O3/c1-15-7-8-18(12-16(15)2)27-14-24-10-9-19(30-24)20(21(24)23(27)29)22(28)26(3)13-17-6-4-5-11-25-17/h4-12,19-21H,13-14H2,1-3H3/t19-,20-,21-,24-/m0/s1. The van der Waals surface area contributed by atoms with Gasteiger partial charge >= 0.3 is 0 Å². The fraction of sp³-hybridized carbons (Fsp3) is 0.375. The summed E-state index contributed by atoms with van der Waals surface area (Å²) in [5.74, 6) is -1.10. The summed E-state index contributed by atoms with van der Waals surface area (Å²) in [5.41, 5.74) is 3.29. The van der Waals surface area contributed by atoms with Crippen LogP contribution in [0.2, 0.25) is 0 Å². The van der Waals surface area contributed by atoms with Crippen LogP contribution < -0.4 is 4.90 Å². The highest BCUT2D eigenvalue weighted by Crippen LogP contribution is 2.53. The zero-order valence-electron chi connectivity index (χ0n) is 17.4. The molecule has 154 valence electrons. The number of amides is 2. The van der Waals surface area contributed by atoms with E-state index in [0.29, 0.717) is 13.1 Å². The highest BCUT2D eigenvalue weighted by Gasteiger charge is 2.67. The highest BCUT2D eigenvalue weighted by atomic mass is 16.5. The van der Waals surface area contributed by atoms with Crippen molar-refractivity contribution in [3.8, 4) is 0 Å². The lowest BCUT2D eigenvalue weighted by molar-refractivity contribution is -0.139. The molecule has 1 aromatic carbocycles. The van der Waals surface area contributed by atoms with Gasteiger partial charge in [0.25, 0.3) is 0 Å². The second kappa shape index (κ2) is 6.77. The molecule has 5 rings (SSSR count). The molecule has 4 heterocycles. The highest BCUT2D eigenvalue weighted by molar-refractivity contribution is 6.03. The quantitative estimate of drug-likeness (QED) is 0.737. The lowest BCUT2D eigenvalue weighted by Gasteiger charge is -2.27. The first-order chi connectivity index (χ1) is 14.4. The first-order valence-corrected chi connectivity index (χ1v) is 10.3. The number of pyridine rings is 1. The number of aryl methyl sites for hydroxylation is 2. The van der Waals surface area contributed by atoms with E-state index in [9.17, 15) is 9.59 Å². The fourth-order valence-corrected chi connectivity index (χ4v) is 4.96. The molecular formula is C24H25N3O3. The van der Waals surface area contributed by atoms with Gasteiger partial charge in [-0.3, -0.25) is 14.6 Å². The number of carbonyl (C=O) groups excluding carboxylic acids is 2. The molecular weight excluding hydrogens is 378 g/mol. The van der Waals surface area contributed by atoms with Crippen LogP contribution in [-0.2, 0) is 20.9 Å². The van der Waals surface area contributed by atoms with Crippen molar-refractivity contribution in [3.05, 3.63) is 71.6 Å². The maximum atomic E-state index is 13.5. The summed E-state index contributed by atoms with van der Waals surface area (Å²) in [4.78, 5) is 34.6. The number of fused-ring (bicyclic) bond motifs is 1. The summed E-state index contributed by atoms with van der Waals surface area (Å²) in [6.07, 6.45) is 5.31. The minimum atomic E-state index is -0.716. The van der Waals surface area contributed by atoms with E-state index < -0.39 is 17.4 Å². The van der Waals surface area contributed by atoms with E-state index >= 15 is 0 Å². The molecule has 1 aromatic heterocycles. The Hall–Kier alpha value is -2.99. The Balaban J connectivity index is 1.42. The third kappa shape index (κ3) is 2.78. The van der Waals surface area contributed by atoms with Crippen LogP contribution in [0.15, 0.2) is 54.7 Å². The van der Waals surface area contributed by atoms with Gasteiger partial charge in [-0.1, -0.05) is 24.3 Å².